The van der Waals surface area contributed by atoms with Crippen LogP contribution in [0.2, 0.25) is 0 Å². The number of carbonyl (C=O) groups is 1. The first-order valence-corrected chi connectivity index (χ1v) is 11.5. The SMILES string of the molecule is Cc1cc2nc(-c3ccc(NC(=O)C(C)(C)Oc4ccc(C(C)(C)C)cc4)cc3)oc2cc1C. The second kappa shape index (κ2) is 8.64. The van der Waals surface area contributed by atoms with Crippen molar-refractivity contribution in [2.24, 2.45) is 0 Å². The molecule has 1 aromatic heterocycles. The van der Waals surface area contributed by atoms with Crippen LogP contribution < -0.4 is 10.1 Å². The Hall–Kier alpha value is -3.60. The van der Waals surface area contributed by atoms with E-state index in [1.807, 2.05) is 60.7 Å². The average molecular weight is 457 g/mol. The van der Waals surface area contributed by atoms with Gasteiger partial charge in [-0.2, -0.15) is 0 Å². The summed E-state index contributed by atoms with van der Waals surface area (Å²) >= 11 is 0. The van der Waals surface area contributed by atoms with Crippen molar-refractivity contribution in [3.63, 3.8) is 0 Å². The summed E-state index contributed by atoms with van der Waals surface area (Å²) in [6.45, 7) is 14.1. The molecule has 3 aromatic carbocycles. The number of nitrogens with zero attached hydrogens (tertiary/aromatic N) is 1. The van der Waals surface area contributed by atoms with Crippen LogP contribution >= 0.6 is 0 Å². The highest BCUT2D eigenvalue weighted by atomic mass is 16.5. The van der Waals surface area contributed by atoms with Crippen LogP contribution in [-0.2, 0) is 10.2 Å². The predicted octanol–water partition coefficient (Wildman–Crippen LogP) is 7.21. The van der Waals surface area contributed by atoms with E-state index in [-0.39, 0.29) is 11.3 Å². The number of aryl methyl sites for hydroxylation is 2. The fourth-order valence-corrected chi connectivity index (χ4v) is 3.65. The lowest BCUT2D eigenvalue weighted by atomic mass is 9.87. The zero-order chi connectivity index (χ0) is 24.7. The van der Waals surface area contributed by atoms with Gasteiger partial charge in [0.15, 0.2) is 11.2 Å². The van der Waals surface area contributed by atoms with Gasteiger partial charge in [0.1, 0.15) is 11.3 Å². The third-order valence-corrected chi connectivity index (χ3v) is 6.03. The van der Waals surface area contributed by atoms with E-state index in [0.29, 0.717) is 17.3 Å². The number of carbonyl (C=O) groups excluding carboxylic acids is 1. The third-order valence-electron chi connectivity index (χ3n) is 6.03. The molecule has 176 valence electrons. The highest BCUT2D eigenvalue weighted by molar-refractivity contribution is 5.97. The van der Waals surface area contributed by atoms with Crippen LogP contribution in [0.25, 0.3) is 22.6 Å². The van der Waals surface area contributed by atoms with Crippen molar-refractivity contribution in [2.45, 2.75) is 59.5 Å². The van der Waals surface area contributed by atoms with Crippen LogP contribution in [0.5, 0.6) is 5.75 Å². The molecule has 5 nitrogen and oxygen atoms in total. The predicted molar refractivity (Wildman–Crippen MR) is 137 cm³/mol. The fraction of sp³-hybridized carbons (Fsp3) is 0.310. The van der Waals surface area contributed by atoms with Gasteiger partial charge in [0.05, 0.1) is 0 Å². The maximum Gasteiger partial charge on any atom is 0.267 e. The maximum atomic E-state index is 12.9. The first-order valence-electron chi connectivity index (χ1n) is 11.5. The van der Waals surface area contributed by atoms with Gasteiger partial charge < -0.3 is 14.5 Å². The van der Waals surface area contributed by atoms with Gasteiger partial charge in [-0.25, -0.2) is 4.98 Å². The number of oxazole rings is 1. The van der Waals surface area contributed by atoms with E-state index >= 15 is 0 Å². The smallest absolute Gasteiger partial charge is 0.267 e. The fourth-order valence-electron chi connectivity index (χ4n) is 3.65. The van der Waals surface area contributed by atoms with Gasteiger partial charge in [0, 0.05) is 11.3 Å². The molecule has 1 heterocycles. The summed E-state index contributed by atoms with van der Waals surface area (Å²) in [5.41, 5.74) is 5.71. The molecule has 0 bridgehead atoms. The number of nitrogens with one attached hydrogen (secondary N) is 1. The summed E-state index contributed by atoms with van der Waals surface area (Å²) in [6.07, 6.45) is 0. The van der Waals surface area contributed by atoms with Gasteiger partial charge in [-0.3, -0.25) is 4.79 Å². The topological polar surface area (TPSA) is 64.4 Å². The van der Waals surface area contributed by atoms with Gasteiger partial charge in [0.25, 0.3) is 5.91 Å². The van der Waals surface area contributed by atoms with Crippen molar-refractivity contribution in [1.82, 2.24) is 4.98 Å². The highest BCUT2D eigenvalue weighted by Gasteiger charge is 2.30. The standard InChI is InChI=1S/C29H32N2O3/c1-18-16-24-25(17-19(18)2)33-26(31-24)20-8-12-22(13-9-20)30-27(32)29(6,7)34-23-14-10-21(11-15-23)28(3,4)5/h8-17H,1-7H3,(H,30,32). The lowest BCUT2D eigenvalue weighted by Gasteiger charge is -2.26. The largest absolute Gasteiger partial charge is 0.478 e. The Bertz CT molecular complexity index is 1290. The summed E-state index contributed by atoms with van der Waals surface area (Å²) in [7, 11) is 0. The van der Waals surface area contributed by atoms with Crippen molar-refractivity contribution in [3.05, 3.63) is 77.4 Å². The molecule has 0 unspecified atom stereocenters. The molecule has 0 saturated carbocycles. The summed E-state index contributed by atoms with van der Waals surface area (Å²) in [6, 6.07) is 19.4. The molecule has 4 aromatic rings. The number of amides is 1. The normalized spacial score (nSPS) is 12.1. The van der Waals surface area contributed by atoms with Gasteiger partial charge in [-0.05, 0) is 98.3 Å². The van der Waals surface area contributed by atoms with Crippen LogP contribution in [0, 0.1) is 13.8 Å². The number of hydrogen-bond donors (Lipinski definition) is 1. The van der Waals surface area contributed by atoms with Crippen LogP contribution in [-0.4, -0.2) is 16.5 Å². The third kappa shape index (κ3) is 4.98. The summed E-state index contributed by atoms with van der Waals surface area (Å²) in [5.74, 6) is 0.984. The lowest BCUT2D eigenvalue weighted by molar-refractivity contribution is -0.128. The summed E-state index contributed by atoms with van der Waals surface area (Å²) < 4.78 is 12.0. The quantitative estimate of drug-likeness (QED) is 0.345. The number of rotatable bonds is 5. The van der Waals surface area contributed by atoms with Gasteiger partial charge in [0.2, 0.25) is 5.89 Å². The van der Waals surface area contributed by atoms with E-state index in [2.05, 4.69) is 44.9 Å². The molecule has 0 saturated heterocycles. The van der Waals surface area contributed by atoms with Crippen LogP contribution in [0.3, 0.4) is 0 Å². The monoisotopic (exact) mass is 456 g/mol. The molecular formula is C29H32N2O3. The Morgan fingerprint density at radius 3 is 2.12 bits per heavy atom. The van der Waals surface area contributed by atoms with Gasteiger partial charge in [-0.1, -0.05) is 32.9 Å². The van der Waals surface area contributed by atoms with Crippen molar-refractivity contribution in [3.8, 4) is 17.2 Å². The first kappa shape index (κ1) is 23.6. The minimum atomic E-state index is -1.04. The van der Waals surface area contributed by atoms with Crippen LogP contribution in [0.1, 0.15) is 51.3 Å². The molecule has 1 amide bonds. The van der Waals surface area contributed by atoms with E-state index < -0.39 is 5.60 Å². The first-order chi connectivity index (χ1) is 15.9. The molecule has 0 radical (unpaired) electrons. The number of anilines is 1. The maximum absolute atomic E-state index is 12.9. The van der Waals surface area contributed by atoms with Crippen molar-refractivity contribution in [1.29, 1.82) is 0 Å². The summed E-state index contributed by atoms with van der Waals surface area (Å²) in [4.78, 5) is 17.5. The van der Waals surface area contributed by atoms with E-state index in [1.54, 1.807) is 13.8 Å². The van der Waals surface area contributed by atoms with E-state index in [9.17, 15) is 4.79 Å². The molecular weight excluding hydrogens is 424 g/mol. The van der Waals surface area contributed by atoms with Crippen molar-refractivity contribution in [2.75, 3.05) is 5.32 Å². The Labute approximate surface area is 201 Å². The Kier molecular flexibility index (Phi) is 5.98. The van der Waals surface area contributed by atoms with Crippen molar-refractivity contribution < 1.29 is 13.9 Å². The number of aromatic nitrogens is 1. The Morgan fingerprint density at radius 2 is 1.50 bits per heavy atom. The van der Waals surface area contributed by atoms with Crippen molar-refractivity contribution >= 4 is 22.7 Å². The zero-order valence-corrected chi connectivity index (χ0v) is 20.9. The minimum Gasteiger partial charge on any atom is -0.478 e. The second-order valence-corrected chi connectivity index (χ2v) is 10.3. The second-order valence-electron chi connectivity index (χ2n) is 10.3. The Morgan fingerprint density at radius 1 is 0.882 bits per heavy atom. The molecule has 0 atom stereocenters. The van der Waals surface area contributed by atoms with E-state index in [1.165, 1.54) is 16.7 Å². The van der Waals surface area contributed by atoms with Crippen LogP contribution in [0.15, 0.2) is 65.1 Å². The Balaban J connectivity index is 1.44. The number of hydrogen-bond acceptors (Lipinski definition) is 4. The van der Waals surface area contributed by atoms with Crippen LogP contribution in [0.4, 0.5) is 5.69 Å². The molecule has 0 fully saturated rings. The number of benzene rings is 3. The minimum absolute atomic E-state index is 0.0629. The molecule has 0 aliphatic carbocycles. The average Bonchev–Trinajstić information content (AvgIpc) is 3.16. The van der Waals surface area contributed by atoms with E-state index in [0.717, 1.165) is 16.7 Å². The van der Waals surface area contributed by atoms with Gasteiger partial charge in [-0.15, -0.1) is 0 Å². The number of fused-ring (bicyclic) bond motifs is 1. The van der Waals surface area contributed by atoms with Gasteiger partial charge >= 0.3 is 0 Å². The lowest BCUT2D eigenvalue weighted by Crippen LogP contribution is -2.42. The molecule has 0 spiro atoms. The molecule has 34 heavy (non-hydrogen) atoms. The number of ether oxygens (including phenoxy) is 1. The molecule has 1 N–H and O–H groups in total. The molecule has 0 aliphatic rings. The summed E-state index contributed by atoms with van der Waals surface area (Å²) in [5, 5.41) is 2.94. The highest BCUT2D eigenvalue weighted by Crippen LogP contribution is 2.29. The molecule has 4 rings (SSSR count). The van der Waals surface area contributed by atoms with E-state index in [4.69, 9.17) is 9.15 Å². The molecule has 0 aliphatic heterocycles. The zero-order valence-electron chi connectivity index (χ0n) is 20.9. The molecule has 5 heteroatoms.